The second kappa shape index (κ2) is 9.53. The number of amides is 2. The molecule has 0 radical (unpaired) electrons. The average molecular weight is 320 g/mol. The van der Waals surface area contributed by atoms with E-state index in [0.717, 1.165) is 30.8 Å². The minimum absolute atomic E-state index is 0.00837. The Balaban J connectivity index is 1.80. The van der Waals surface area contributed by atoms with Gasteiger partial charge in [-0.25, -0.2) is 4.79 Å². The van der Waals surface area contributed by atoms with Crippen molar-refractivity contribution in [3.63, 3.8) is 0 Å². The number of urea groups is 1. The number of rotatable bonds is 7. The maximum atomic E-state index is 12.3. The first-order valence-electron chi connectivity index (χ1n) is 8.49. The predicted octanol–water partition coefficient (Wildman–Crippen LogP) is 3.50. The molecule has 1 saturated heterocycles. The van der Waals surface area contributed by atoms with Crippen LogP contribution in [0, 0.1) is 5.92 Å². The van der Waals surface area contributed by atoms with Crippen molar-refractivity contribution in [1.29, 1.82) is 0 Å². The fraction of sp³-hybridized carbons (Fsp3) is 0.611. The van der Waals surface area contributed by atoms with Gasteiger partial charge in [-0.05, 0) is 43.4 Å². The van der Waals surface area contributed by atoms with Gasteiger partial charge in [-0.15, -0.1) is 0 Å². The van der Waals surface area contributed by atoms with Gasteiger partial charge in [-0.3, -0.25) is 0 Å². The lowest BCUT2D eigenvalue weighted by Gasteiger charge is -2.31. The number of anilines is 1. The van der Waals surface area contributed by atoms with Gasteiger partial charge in [0.1, 0.15) is 0 Å². The van der Waals surface area contributed by atoms with Gasteiger partial charge in [0.15, 0.2) is 0 Å². The predicted molar refractivity (Wildman–Crippen MR) is 91.6 cm³/mol. The highest BCUT2D eigenvalue weighted by molar-refractivity contribution is 5.89. The van der Waals surface area contributed by atoms with Crippen molar-refractivity contribution in [1.82, 2.24) is 4.90 Å². The van der Waals surface area contributed by atoms with Crippen LogP contribution in [0.3, 0.4) is 0 Å². The molecule has 5 nitrogen and oxygen atoms in total. The summed E-state index contributed by atoms with van der Waals surface area (Å²) >= 11 is 0. The molecule has 1 atom stereocenters. The molecule has 1 aromatic carbocycles. The van der Waals surface area contributed by atoms with Crippen molar-refractivity contribution in [3.05, 3.63) is 29.8 Å². The number of likely N-dealkylation sites (tertiary alicyclic amines) is 1. The monoisotopic (exact) mass is 320 g/mol. The zero-order chi connectivity index (χ0) is 16.5. The molecule has 1 fully saturated rings. The normalized spacial score (nSPS) is 18.0. The first-order valence-corrected chi connectivity index (χ1v) is 8.49. The number of nitrogens with one attached hydrogen (secondary N) is 1. The molecule has 1 N–H and O–H groups in total. The maximum absolute atomic E-state index is 12.3. The second-order valence-electron chi connectivity index (χ2n) is 6.07. The Morgan fingerprint density at radius 3 is 2.96 bits per heavy atom. The molecular weight excluding hydrogens is 292 g/mol. The highest BCUT2D eigenvalue weighted by atomic mass is 16.5. The molecule has 1 aliphatic heterocycles. The van der Waals surface area contributed by atoms with Crippen LogP contribution in [0.5, 0.6) is 0 Å². The van der Waals surface area contributed by atoms with E-state index < -0.39 is 0 Å². The minimum atomic E-state index is -0.00837. The van der Waals surface area contributed by atoms with Gasteiger partial charge in [0.25, 0.3) is 0 Å². The van der Waals surface area contributed by atoms with Gasteiger partial charge in [-0.2, -0.15) is 0 Å². The highest BCUT2D eigenvalue weighted by Crippen LogP contribution is 2.17. The number of hydrogen-bond acceptors (Lipinski definition) is 3. The lowest BCUT2D eigenvalue weighted by molar-refractivity contribution is 0.0453. The van der Waals surface area contributed by atoms with Gasteiger partial charge in [0.05, 0.1) is 19.8 Å². The lowest BCUT2D eigenvalue weighted by Crippen LogP contribution is -2.41. The summed E-state index contributed by atoms with van der Waals surface area (Å²) in [4.78, 5) is 14.2. The van der Waals surface area contributed by atoms with Crippen LogP contribution >= 0.6 is 0 Å². The van der Waals surface area contributed by atoms with E-state index in [9.17, 15) is 4.79 Å². The SMILES string of the molecule is CCOCCOCc1cccc(NC(=O)N2CCC[C@H](C)C2)c1. The van der Waals surface area contributed by atoms with Crippen LogP contribution in [0.2, 0.25) is 0 Å². The van der Waals surface area contributed by atoms with Gasteiger partial charge in [-0.1, -0.05) is 19.1 Å². The topological polar surface area (TPSA) is 50.8 Å². The number of benzene rings is 1. The maximum Gasteiger partial charge on any atom is 0.321 e. The van der Waals surface area contributed by atoms with E-state index in [1.54, 1.807) is 0 Å². The van der Waals surface area contributed by atoms with Gasteiger partial charge in [0, 0.05) is 25.4 Å². The molecule has 0 saturated carbocycles. The Labute approximate surface area is 139 Å². The zero-order valence-electron chi connectivity index (χ0n) is 14.2. The number of hydrogen-bond donors (Lipinski definition) is 1. The Morgan fingerprint density at radius 2 is 2.17 bits per heavy atom. The lowest BCUT2D eigenvalue weighted by atomic mass is 10.0. The quantitative estimate of drug-likeness (QED) is 0.782. The summed E-state index contributed by atoms with van der Waals surface area (Å²) < 4.78 is 10.8. The summed E-state index contributed by atoms with van der Waals surface area (Å²) in [7, 11) is 0. The van der Waals surface area contributed by atoms with E-state index in [1.807, 2.05) is 36.1 Å². The molecule has 0 aromatic heterocycles. The van der Waals surface area contributed by atoms with Gasteiger partial charge >= 0.3 is 6.03 Å². The molecular formula is C18H28N2O3. The first kappa shape index (κ1) is 17.8. The molecule has 1 aromatic rings. The molecule has 0 spiro atoms. The Bertz CT molecular complexity index is 493. The van der Waals surface area contributed by atoms with E-state index in [0.29, 0.717) is 32.3 Å². The van der Waals surface area contributed by atoms with Gasteiger partial charge in [0.2, 0.25) is 0 Å². The molecule has 23 heavy (non-hydrogen) atoms. The van der Waals surface area contributed by atoms with Crippen molar-refractivity contribution in [2.24, 2.45) is 5.92 Å². The molecule has 128 valence electrons. The number of carbonyl (C=O) groups excluding carboxylic acids is 1. The zero-order valence-corrected chi connectivity index (χ0v) is 14.2. The first-order chi connectivity index (χ1) is 11.2. The fourth-order valence-electron chi connectivity index (χ4n) is 2.77. The van der Waals surface area contributed by atoms with Crippen LogP contribution in [-0.2, 0) is 16.1 Å². The number of piperidine rings is 1. The molecule has 0 bridgehead atoms. The molecule has 5 heteroatoms. The minimum Gasteiger partial charge on any atom is -0.379 e. The third-order valence-electron chi connectivity index (χ3n) is 3.97. The van der Waals surface area contributed by atoms with E-state index >= 15 is 0 Å². The molecule has 2 amide bonds. The summed E-state index contributed by atoms with van der Waals surface area (Å²) in [6.45, 7) is 8.27. The molecule has 1 aliphatic rings. The van der Waals surface area contributed by atoms with Crippen LogP contribution in [0.25, 0.3) is 0 Å². The van der Waals surface area contributed by atoms with Crippen LogP contribution in [0.1, 0.15) is 32.3 Å². The van der Waals surface area contributed by atoms with Gasteiger partial charge < -0.3 is 19.7 Å². The number of nitrogens with zero attached hydrogens (tertiary/aromatic N) is 1. The fourth-order valence-corrected chi connectivity index (χ4v) is 2.77. The van der Waals surface area contributed by atoms with E-state index in [2.05, 4.69) is 12.2 Å². The number of ether oxygens (including phenoxy) is 2. The Morgan fingerprint density at radius 1 is 1.35 bits per heavy atom. The second-order valence-corrected chi connectivity index (χ2v) is 6.07. The van der Waals surface area contributed by atoms with Crippen molar-refractivity contribution < 1.29 is 14.3 Å². The summed E-state index contributed by atoms with van der Waals surface area (Å²) in [6, 6.07) is 7.81. The summed E-state index contributed by atoms with van der Waals surface area (Å²) in [6.07, 6.45) is 2.29. The smallest absolute Gasteiger partial charge is 0.321 e. The summed E-state index contributed by atoms with van der Waals surface area (Å²) in [5.74, 6) is 0.583. The Hall–Kier alpha value is -1.59. The highest BCUT2D eigenvalue weighted by Gasteiger charge is 2.20. The Kier molecular flexibility index (Phi) is 7.36. The molecule has 1 heterocycles. The van der Waals surface area contributed by atoms with Crippen LogP contribution in [0.4, 0.5) is 10.5 Å². The van der Waals surface area contributed by atoms with Crippen LogP contribution in [0.15, 0.2) is 24.3 Å². The molecule has 2 rings (SSSR count). The van der Waals surface area contributed by atoms with Crippen molar-refractivity contribution >= 4 is 11.7 Å². The standard InChI is InChI=1S/C18H28N2O3/c1-3-22-10-11-23-14-16-7-4-8-17(12-16)19-18(21)20-9-5-6-15(2)13-20/h4,7-8,12,15H,3,5-6,9-11,13-14H2,1-2H3,(H,19,21)/t15-/m0/s1. The van der Waals surface area contributed by atoms with Crippen LogP contribution < -0.4 is 5.32 Å². The molecule has 0 unspecified atom stereocenters. The van der Waals surface area contributed by atoms with Crippen molar-refractivity contribution in [3.8, 4) is 0 Å². The summed E-state index contributed by atoms with van der Waals surface area (Å²) in [5.41, 5.74) is 1.87. The number of carbonyl (C=O) groups is 1. The van der Waals surface area contributed by atoms with E-state index in [-0.39, 0.29) is 6.03 Å². The van der Waals surface area contributed by atoms with E-state index in [4.69, 9.17) is 9.47 Å². The summed E-state index contributed by atoms with van der Waals surface area (Å²) in [5, 5.41) is 2.99. The molecule has 0 aliphatic carbocycles. The average Bonchev–Trinajstić information content (AvgIpc) is 2.55. The largest absolute Gasteiger partial charge is 0.379 e. The van der Waals surface area contributed by atoms with Crippen molar-refractivity contribution in [2.75, 3.05) is 38.2 Å². The third kappa shape index (κ3) is 6.20. The van der Waals surface area contributed by atoms with E-state index in [1.165, 1.54) is 6.42 Å². The third-order valence-corrected chi connectivity index (χ3v) is 3.97. The van der Waals surface area contributed by atoms with Crippen LogP contribution in [-0.4, -0.2) is 43.8 Å². The van der Waals surface area contributed by atoms with Crippen molar-refractivity contribution in [2.45, 2.75) is 33.3 Å².